The van der Waals surface area contributed by atoms with Crippen molar-refractivity contribution in [2.24, 2.45) is 5.73 Å². The Bertz CT molecular complexity index is 466. The molecule has 0 saturated carbocycles. The second kappa shape index (κ2) is 4.65. The monoisotopic (exact) mass is 237 g/mol. The van der Waals surface area contributed by atoms with Crippen LogP contribution in [-0.2, 0) is 0 Å². The van der Waals surface area contributed by atoms with E-state index in [1.54, 1.807) is 17.1 Å². The van der Waals surface area contributed by atoms with E-state index in [0.29, 0.717) is 5.02 Å². The Labute approximate surface area is 98.3 Å². The molecule has 0 radical (unpaired) electrons. The Morgan fingerprint density at radius 3 is 2.56 bits per heavy atom. The molecule has 1 unspecified atom stereocenters. The van der Waals surface area contributed by atoms with E-state index in [2.05, 4.69) is 5.10 Å². The van der Waals surface area contributed by atoms with E-state index in [0.717, 1.165) is 11.3 Å². The van der Waals surface area contributed by atoms with E-state index in [4.69, 9.17) is 22.4 Å². The minimum atomic E-state index is -0.338. The molecule has 0 bridgehead atoms. The van der Waals surface area contributed by atoms with Gasteiger partial charge in [-0.15, -0.1) is 0 Å². The van der Waals surface area contributed by atoms with Gasteiger partial charge in [-0.2, -0.15) is 5.10 Å². The van der Waals surface area contributed by atoms with Crippen molar-refractivity contribution < 1.29 is 5.11 Å². The first-order chi connectivity index (χ1) is 7.70. The molecule has 5 heteroatoms. The fourth-order valence-corrected chi connectivity index (χ4v) is 1.56. The third-order valence-electron chi connectivity index (χ3n) is 2.33. The van der Waals surface area contributed by atoms with Crippen molar-refractivity contribution >= 4 is 11.6 Å². The normalized spacial score (nSPS) is 12.7. The van der Waals surface area contributed by atoms with Crippen LogP contribution in [0, 0.1) is 0 Å². The van der Waals surface area contributed by atoms with Crippen molar-refractivity contribution in [3.63, 3.8) is 0 Å². The summed E-state index contributed by atoms with van der Waals surface area (Å²) in [5.74, 6) is 0. The van der Waals surface area contributed by atoms with Gasteiger partial charge in [0.2, 0.25) is 0 Å². The fraction of sp³-hybridized carbons (Fsp3) is 0.182. The molecule has 0 aliphatic carbocycles. The predicted molar refractivity (Wildman–Crippen MR) is 62.6 cm³/mol. The number of nitrogens with zero attached hydrogens (tertiary/aromatic N) is 2. The SMILES string of the molecule is NC(CO)c1ccc(-n2cc(Cl)cn2)cc1. The topological polar surface area (TPSA) is 64.1 Å². The van der Waals surface area contributed by atoms with Crippen LogP contribution >= 0.6 is 11.6 Å². The Kier molecular flexibility index (Phi) is 3.24. The van der Waals surface area contributed by atoms with Crippen LogP contribution in [0.5, 0.6) is 0 Å². The average molecular weight is 238 g/mol. The highest BCUT2D eigenvalue weighted by Gasteiger charge is 2.04. The highest BCUT2D eigenvalue weighted by atomic mass is 35.5. The summed E-state index contributed by atoms with van der Waals surface area (Å²) in [5.41, 5.74) is 7.49. The molecule has 2 rings (SSSR count). The van der Waals surface area contributed by atoms with Crippen molar-refractivity contribution in [1.29, 1.82) is 0 Å². The number of benzene rings is 1. The number of aliphatic hydroxyl groups is 1. The molecule has 84 valence electrons. The highest BCUT2D eigenvalue weighted by molar-refractivity contribution is 6.30. The van der Waals surface area contributed by atoms with Crippen LogP contribution < -0.4 is 5.73 Å². The van der Waals surface area contributed by atoms with E-state index in [1.165, 1.54) is 0 Å². The standard InChI is InChI=1S/C11H12ClN3O/c12-9-5-14-15(6-9)10-3-1-8(2-4-10)11(13)7-16/h1-6,11,16H,7,13H2. The van der Waals surface area contributed by atoms with Crippen molar-refractivity contribution in [2.75, 3.05) is 6.61 Å². The highest BCUT2D eigenvalue weighted by Crippen LogP contribution is 2.15. The van der Waals surface area contributed by atoms with Gasteiger partial charge in [0, 0.05) is 6.20 Å². The number of rotatable bonds is 3. The molecule has 2 aromatic rings. The second-order valence-electron chi connectivity index (χ2n) is 3.48. The van der Waals surface area contributed by atoms with Gasteiger partial charge in [-0.3, -0.25) is 0 Å². The lowest BCUT2D eigenvalue weighted by Crippen LogP contribution is -2.14. The number of halogens is 1. The third kappa shape index (κ3) is 2.24. The van der Waals surface area contributed by atoms with Gasteiger partial charge in [0.1, 0.15) is 0 Å². The minimum absolute atomic E-state index is 0.0626. The van der Waals surface area contributed by atoms with Crippen molar-refractivity contribution in [3.05, 3.63) is 47.2 Å². The van der Waals surface area contributed by atoms with Crippen LogP contribution in [0.4, 0.5) is 0 Å². The molecular formula is C11H12ClN3O. The average Bonchev–Trinajstić information content (AvgIpc) is 2.75. The zero-order valence-electron chi connectivity index (χ0n) is 8.55. The summed E-state index contributed by atoms with van der Waals surface area (Å²) >= 11 is 5.78. The number of aliphatic hydroxyl groups excluding tert-OH is 1. The summed E-state index contributed by atoms with van der Waals surface area (Å²) in [6, 6.07) is 7.16. The van der Waals surface area contributed by atoms with Crippen molar-refractivity contribution in [3.8, 4) is 5.69 Å². The maximum atomic E-state index is 8.92. The van der Waals surface area contributed by atoms with Crippen LogP contribution in [0.2, 0.25) is 5.02 Å². The third-order valence-corrected chi connectivity index (χ3v) is 2.53. The van der Waals surface area contributed by atoms with E-state index >= 15 is 0 Å². The lowest BCUT2D eigenvalue weighted by Gasteiger charge is -2.09. The number of nitrogens with two attached hydrogens (primary N) is 1. The Balaban J connectivity index is 2.25. The molecule has 0 fully saturated rings. The maximum Gasteiger partial charge on any atom is 0.0790 e. The molecule has 1 aromatic carbocycles. The zero-order chi connectivity index (χ0) is 11.5. The van der Waals surface area contributed by atoms with E-state index in [-0.39, 0.29) is 12.6 Å². The molecule has 3 N–H and O–H groups in total. The van der Waals surface area contributed by atoms with Crippen LogP contribution in [0.3, 0.4) is 0 Å². The summed E-state index contributed by atoms with van der Waals surface area (Å²) in [5, 5.41) is 13.6. The number of aromatic nitrogens is 2. The van der Waals surface area contributed by atoms with Gasteiger partial charge in [-0.25, -0.2) is 4.68 Å². The first-order valence-electron chi connectivity index (χ1n) is 4.87. The molecule has 0 aliphatic heterocycles. The van der Waals surface area contributed by atoms with Gasteiger partial charge in [-0.05, 0) is 17.7 Å². The molecule has 0 spiro atoms. The van der Waals surface area contributed by atoms with Crippen LogP contribution in [0.1, 0.15) is 11.6 Å². The number of hydrogen-bond acceptors (Lipinski definition) is 3. The van der Waals surface area contributed by atoms with Gasteiger partial charge in [0.15, 0.2) is 0 Å². The summed E-state index contributed by atoms with van der Waals surface area (Å²) in [7, 11) is 0. The lowest BCUT2D eigenvalue weighted by atomic mass is 10.1. The summed E-state index contributed by atoms with van der Waals surface area (Å²) in [4.78, 5) is 0. The molecule has 1 atom stereocenters. The molecule has 4 nitrogen and oxygen atoms in total. The Morgan fingerprint density at radius 1 is 1.38 bits per heavy atom. The maximum absolute atomic E-state index is 8.92. The Hall–Kier alpha value is -1.36. The van der Waals surface area contributed by atoms with Crippen LogP contribution in [-0.4, -0.2) is 21.5 Å². The van der Waals surface area contributed by atoms with Crippen LogP contribution in [0.25, 0.3) is 5.69 Å². The molecule has 1 heterocycles. The van der Waals surface area contributed by atoms with Gasteiger partial charge in [0.05, 0.1) is 29.6 Å². The van der Waals surface area contributed by atoms with E-state index < -0.39 is 0 Å². The largest absolute Gasteiger partial charge is 0.394 e. The fourth-order valence-electron chi connectivity index (χ4n) is 1.42. The molecule has 0 amide bonds. The molecular weight excluding hydrogens is 226 g/mol. The van der Waals surface area contributed by atoms with Gasteiger partial charge in [0.25, 0.3) is 0 Å². The van der Waals surface area contributed by atoms with Gasteiger partial charge < -0.3 is 10.8 Å². The molecule has 1 aromatic heterocycles. The first-order valence-corrected chi connectivity index (χ1v) is 5.25. The summed E-state index contributed by atoms with van der Waals surface area (Å²) in [6.07, 6.45) is 3.30. The quantitative estimate of drug-likeness (QED) is 0.851. The van der Waals surface area contributed by atoms with Crippen molar-refractivity contribution in [2.45, 2.75) is 6.04 Å². The Morgan fingerprint density at radius 2 is 2.06 bits per heavy atom. The first kappa shape index (κ1) is 11.1. The smallest absolute Gasteiger partial charge is 0.0790 e. The van der Waals surface area contributed by atoms with Crippen molar-refractivity contribution in [1.82, 2.24) is 9.78 Å². The second-order valence-corrected chi connectivity index (χ2v) is 3.92. The lowest BCUT2D eigenvalue weighted by molar-refractivity contribution is 0.268. The van der Waals surface area contributed by atoms with Crippen LogP contribution in [0.15, 0.2) is 36.7 Å². The van der Waals surface area contributed by atoms with Gasteiger partial charge >= 0.3 is 0 Å². The summed E-state index contributed by atoms with van der Waals surface area (Å²) < 4.78 is 1.68. The molecule has 0 saturated heterocycles. The van der Waals surface area contributed by atoms with E-state index in [1.807, 2.05) is 24.3 Å². The van der Waals surface area contributed by atoms with Gasteiger partial charge in [-0.1, -0.05) is 23.7 Å². The predicted octanol–water partition coefficient (Wildman–Crippen LogP) is 1.52. The molecule has 0 aliphatic rings. The van der Waals surface area contributed by atoms with E-state index in [9.17, 15) is 0 Å². The number of hydrogen-bond donors (Lipinski definition) is 2. The zero-order valence-corrected chi connectivity index (χ0v) is 9.30. The molecule has 16 heavy (non-hydrogen) atoms. The summed E-state index contributed by atoms with van der Waals surface area (Å²) in [6.45, 7) is -0.0626. The minimum Gasteiger partial charge on any atom is -0.394 e.